The highest BCUT2D eigenvalue weighted by atomic mass is 19.1. The summed E-state index contributed by atoms with van der Waals surface area (Å²) in [6.45, 7) is 1.66. The van der Waals surface area contributed by atoms with Gasteiger partial charge in [0.05, 0.1) is 6.04 Å². The molecule has 0 unspecified atom stereocenters. The van der Waals surface area contributed by atoms with Gasteiger partial charge in [0, 0.05) is 0 Å². The Morgan fingerprint density at radius 2 is 2.07 bits per heavy atom. The van der Waals surface area contributed by atoms with Gasteiger partial charge in [0.25, 0.3) is 0 Å². The van der Waals surface area contributed by atoms with Crippen LogP contribution in [-0.4, -0.2) is 6.04 Å². The van der Waals surface area contributed by atoms with Gasteiger partial charge in [-0.1, -0.05) is 36.4 Å². The number of benzene rings is 1. The highest BCUT2D eigenvalue weighted by molar-refractivity contribution is 5.14. The van der Waals surface area contributed by atoms with Crippen LogP contribution in [0.3, 0.4) is 0 Å². The van der Waals surface area contributed by atoms with E-state index in [4.69, 9.17) is 5.73 Å². The molecule has 1 atom stereocenters. The molecule has 0 saturated carbocycles. The average molecular weight is 207 g/mol. The SMILES string of the molecule is C[C@H](N)/C(F)=C/CCCc1ccccc1. The Kier molecular flexibility index (Phi) is 5.05. The van der Waals surface area contributed by atoms with Crippen molar-refractivity contribution in [2.24, 2.45) is 5.73 Å². The Labute approximate surface area is 90.8 Å². The first kappa shape index (κ1) is 11.9. The lowest BCUT2D eigenvalue weighted by Gasteiger charge is -2.01. The van der Waals surface area contributed by atoms with Crippen LogP contribution in [0, 0.1) is 0 Å². The molecule has 0 aromatic heterocycles. The van der Waals surface area contributed by atoms with Gasteiger partial charge < -0.3 is 5.73 Å². The molecule has 0 aliphatic rings. The molecule has 15 heavy (non-hydrogen) atoms. The fourth-order valence-electron chi connectivity index (χ4n) is 1.38. The van der Waals surface area contributed by atoms with Crippen molar-refractivity contribution < 1.29 is 4.39 Å². The van der Waals surface area contributed by atoms with Crippen LogP contribution >= 0.6 is 0 Å². The van der Waals surface area contributed by atoms with Crippen molar-refractivity contribution in [3.05, 3.63) is 47.8 Å². The molecule has 0 aliphatic carbocycles. The second-order valence-corrected chi connectivity index (χ2v) is 3.76. The van der Waals surface area contributed by atoms with Crippen molar-refractivity contribution in [1.82, 2.24) is 0 Å². The minimum atomic E-state index is -0.471. The molecule has 0 saturated heterocycles. The first-order valence-corrected chi connectivity index (χ1v) is 5.35. The number of allylic oxidation sites excluding steroid dienone is 1. The van der Waals surface area contributed by atoms with E-state index in [1.165, 1.54) is 5.56 Å². The predicted octanol–water partition coefficient (Wildman–Crippen LogP) is 3.21. The Balaban J connectivity index is 2.26. The minimum absolute atomic E-state index is 0.205. The van der Waals surface area contributed by atoms with Gasteiger partial charge in [0.2, 0.25) is 0 Å². The number of hydrogen-bond acceptors (Lipinski definition) is 1. The van der Waals surface area contributed by atoms with Gasteiger partial charge in [0.1, 0.15) is 5.83 Å². The molecular weight excluding hydrogens is 189 g/mol. The molecule has 1 rings (SSSR count). The Morgan fingerprint density at radius 3 is 2.67 bits per heavy atom. The summed E-state index contributed by atoms with van der Waals surface area (Å²) in [7, 11) is 0. The zero-order valence-electron chi connectivity index (χ0n) is 9.12. The van der Waals surface area contributed by atoms with E-state index < -0.39 is 6.04 Å². The lowest BCUT2D eigenvalue weighted by atomic mass is 10.1. The molecule has 1 aromatic carbocycles. The van der Waals surface area contributed by atoms with Crippen LogP contribution in [0.5, 0.6) is 0 Å². The summed E-state index contributed by atoms with van der Waals surface area (Å²) >= 11 is 0. The second-order valence-electron chi connectivity index (χ2n) is 3.76. The van der Waals surface area contributed by atoms with Gasteiger partial charge >= 0.3 is 0 Å². The number of unbranched alkanes of at least 4 members (excludes halogenated alkanes) is 1. The fraction of sp³-hybridized carbons (Fsp3) is 0.385. The van der Waals surface area contributed by atoms with Crippen molar-refractivity contribution in [1.29, 1.82) is 0 Å². The van der Waals surface area contributed by atoms with E-state index in [0.29, 0.717) is 0 Å². The fourth-order valence-corrected chi connectivity index (χ4v) is 1.38. The van der Waals surface area contributed by atoms with Crippen LogP contribution in [0.25, 0.3) is 0 Å². The molecule has 1 nitrogen and oxygen atoms in total. The maximum atomic E-state index is 13.0. The lowest BCUT2D eigenvalue weighted by molar-refractivity contribution is 0.553. The lowest BCUT2D eigenvalue weighted by Crippen LogP contribution is -2.15. The predicted molar refractivity (Wildman–Crippen MR) is 62.2 cm³/mol. The van der Waals surface area contributed by atoms with Gasteiger partial charge in [0.15, 0.2) is 0 Å². The van der Waals surface area contributed by atoms with Crippen LogP contribution in [0.2, 0.25) is 0 Å². The monoisotopic (exact) mass is 207 g/mol. The maximum absolute atomic E-state index is 13.0. The number of aryl methyl sites for hydroxylation is 1. The molecular formula is C13H18FN. The highest BCUT2D eigenvalue weighted by Crippen LogP contribution is 2.08. The molecule has 2 heteroatoms. The number of hydrogen-bond donors (Lipinski definition) is 1. The van der Waals surface area contributed by atoms with E-state index >= 15 is 0 Å². The third-order valence-electron chi connectivity index (χ3n) is 2.29. The quantitative estimate of drug-likeness (QED) is 0.737. The van der Waals surface area contributed by atoms with E-state index in [1.54, 1.807) is 13.0 Å². The van der Waals surface area contributed by atoms with E-state index in [-0.39, 0.29) is 5.83 Å². The summed E-state index contributed by atoms with van der Waals surface area (Å²) in [5, 5.41) is 0. The van der Waals surface area contributed by atoms with Crippen molar-refractivity contribution in [3.8, 4) is 0 Å². The third kappa shape index (κ3) is 4.75. The minimum Gasteiger partial charge on any atom is -0.322 e. The summed E-state index contributed by atoms with van der Waals surface area (Å²) < 4.78 is 13.0. The van der Waals surface area contributed by atoms with E-state index in [9.17, 15) is 4.39 Å². The van der Waals surface area contributed by atoms with E-state index in [2.05, 4.69) is 12.1 Å². The van der Waals surface area contributed by atoms with Crippen LogP contribution < -0.4 is 5.73 Å². The Morgan fingerprint density at radius 1 is 1.40 bits per heavy atom. The molecule has 0 spiro atoms. The summed E-state index contributed by atoms with van der Waals surface area (Å²) in [6, 6.07) is 9.75. The van der Waals surface area contributed by atoms with Crippen molar-refractivity contribution in [2.75, 3.05) is 0 Å². The molecule has 82 valence electrons. The normalized spacial score (nSPS) is 13.9. The maximum Gasteiger partial charge on any atom is 0.112 e. The molecule has 2 N–H and O–H groups in total. The van der Waals surface area contributed by atoms with Gasteiger partial charge in [-0.25, -0.2) is 4.39 Å². The summed E-state index contributed by atoms with van der Waals surface area (Å²) in [5.41, 5.74) is 6.68. The molecule has 0 fully saturated rings. The number of nitrogens with two attached hydrogens (primary N) is 1. The van der Waals surface area contributed by atoms with Crippen molar-refractivity contribution in [3.63, 3.8) is 0 Å². The van der Waals surface area contributed by atoms with Gasteiger partial charge in [-0.05, 0) is 31.7 Å². The van der Waals surface area contributed by atoms with Crippen LogP contribution in [-0.2, 0) is 6.42 Å². The summed E-state index contributed by atoms with van der Waals surface area (Å²) in [5.74, 6) is -0.205. The van der Waals surface area contributed by atoms with Crippen molar-refractivity contribution >= 4 is 0 Å². The average Bonchev–Trinajstić information content (AvgIpc) is 2.25. The zero-order valence-corrected chi connectivity index (χ0v) is 9.12. The largest absolute Gasteiger partial charge is 0.322 e. The van der Waals surface area contributed by atoms with E-state index in [0.717, 1.165) is 19.3 Å². The van der Waals surface area contributed by atoms with Gasteiger partial charge in [-0.15, -0.1) is 0 Å². The Bertz CT molecular complexity index is 304. The highest BCUT2D eigenvalue weighted by Gasteiger charge is 1.99. The van der Waals surface area contributed by atoms with Crippen LogP contribution in [0.4, 0.5) is 4.39 Å². The molecule has 0 amide bonds. The zero-order chi connectivity index (χ0) is 11.1. The number of rotatable bonds is 5. The molecule has 0 bridgehead atoms. The number of halogens is 1. The van der Waals surface area contributed by atoms with Gasteiger partial charge in [-0.3, -0.25) is 0 Å². The molecule has 0 aliphatic heterocycles. The topological polar surface area (TPSA) is 26.0 Å². The third-order valence-corrected chi connectivity index (χ3v) is 2.29. The molecule has 0 heterocycles. The molecule has 0 radical (unpaired) electrons. The first-order valence-electron chi connectivity index (χ1n) is 5.35. The first-order chi connectivity index (χ1) is 7.20. The Hall–Kier alpha value is -1.15. The van der Waals surface area contributed by atoms with E-state index in [1.807, 2.05) is 18.2 Å². The molecule has 1 aromatic rings. The van der Waals surface area contributed by atoms with Gasteiger partial charge in [-0.2, -0.15) is 0 Å². The van der Waals surface area contributed by atoms with Crippen LogP contribution in [0.1, 0.15) is 25.3 Å². The summed E-state index contributed by atoms with van der Waals surface area (Å²) in [6.07, 6.45) is 4.30. The second kappa shape index (κ2) is 6.36. The smallest absolute Gasteiger partial charge is 0.112 e. The summed E-state index contributed by atoms with van der Waals surface area (Å²) in [4.78, 5) is 0. The van der Waals surface area contributed by atoms with Crippen LogP contribution in [0.15, 0.2) is 42.2 Å². The van der Waals surface area contributed by atoms with Crippen molar-refractivity contribution in [2.45, 2.75) is 32.2 Å². The standard InChI is InChI=1S/C13H18FN/c1-11(15)13(14)10-6-5-9-12-7-3-2-4-8-12/h2-4,7-8,10-11H,5-6,9,15H2,1H3/b13-10-/t11-/m0/s1.